The van der Waals surface area contributed by atoms with Gasteiger partial charge in [-0.2, -0.15) is 0 Å². The molecule has 17 heavy (non-hydrogen) atoms. The Kier molecular flexibility index (Phi) is 4.31. The van der Waals surface area contributed by atoms with Gasteiger partial charge in [0.25, 0.3) is 0 Å². The van der Waals surface area contributed by atoms with Crippen LogP contribution < -0.4 is 5.32 Å². The zero-order valence-corrected chi connectivity index (χ0v) is 10.8. The van der Waals surface area contributed by atoms with Crippen LogP contribution in [0.3, 0.4) is 0 Å². The molecule has 90 valence electrons. The van der Waals surface area contributed by atoms with E-state index < -0.39 is 0 Å². The van der Waals surface area contributed by atoms with Crippen LogP contribution in [0.5, 0.6) is 0 Å². The molecule has 2 aromatic rings. The van der Waals surface area contributed by atoms with Crippen LogP contribution >= 0.6 is 11.3 Å². The number of benzene rings is 1. The molecule has 0 saturated heterocycles. The van der Waals surface area contributed by atoms with Crippen molar-refractivity contribution in [2.45, 2.75) is 13.5 Å². The Morgan fingerprint density at radius 2 is 1.88 bits per heavy atom. The largest absolute Gasteiger partial charge is 0.395 e. The average molecular weight is 247 g/mol. The lowest BCUT2D eigenvalue weighted by Crippen LogP contribution is -2.16. The number of hydrogen-bond acceptors (Lipinski definition) is 3. The van der Waals surface area contributed by atoms with Gasteiger partial charge >= 0.3 is 0 Å². The number of nitrogens with one attached hydrogen (secondary N) is 1. The van der Waals surface area contributed by atoms with E-state index in [4.69, 9.17) is 5.11 Å². The quantitative estimate of drug-likeness (QED) is 0.796. The molecular formula is C14H17NOS. The highest BCUT2D eigenvalue weighted by Gasteiger charge is 2.02. The van der Waals surface area contributed by atoms with E-state index >= 15 is 0 Å². The van der Waals surface area contributed by atoms with Gasteiger partial charge in [0, 0.05) is 22.8 Å². The Morgan fingerprint density at radius 3 is 2.59 bits per heavy atom. The summed E-state index contributed by atoms with van der Waals surface area (Å²) in [5.41, 5.74) is 2.56. The SMILES string of the molecule is Cc1ccc(-c2ccc(CNCCO)s2)cc1. The highest BCUT2D eigenvalue weighted by Crippen LogP contribution is 2.28. The summed E-state index contributed by atoms with van der Waals surface area (Å²) in [5.74, 6) is 0. The lowest BCUT2D eigenvalue weighted by Gasteiger charge is -1.99. The third-order valence-corrected chi connectivity index (χ3v) is 3.72. The molecular weight excluding hydrogens is 230 g/mol. The van der Waals surface area contributed by atoms with Gasteiger partial charge in [-0.25, -0.2) is 0 Å². The van der Waals surface area contributed by atoms with E-state index in [9.17, 15) is 0 Å². The summed E-state index contributed by atoms with van der Waals surface area (Å²) in [6.07, 6.45) is 0. The second kappa shape index (κ2) is 5.96. The van der Waals surface area contributed by atoms with Crippen molar-refractivity contribution in [3.63, 3.8) is 0 Å². The van der Waals surface area contributed by atoms with Gasteiger partial charge in [0.2, 0.25) is 0 Å². The van der Waals surface area contributed by atoms with Crippen LogP contribution in [0, 0.1) is 6.92 Å². The van der Waals surface area contributed by atoms with Gasteiger partial charge in [0.05, 0.1) is 6.61 Å². The zero-order valence-electron chi connectivity index (χ0n) is 9.94. The molecule has 0 aliphatic heterocycles. The minimum Gasteiger partial charge on any atom is -0.395 e. The number of aryl methyl sites for hydroxylation is 1. The molecule has 1 aromatic carbocycles. The van der Waals surface area contributed by atoms with Gasteiger partial charge in [0.15, 0.2) is 0 Å². The Hall–Kier alpha value is -1.16. The van der Waals surface area contributed by atoms with E-state index in [-0.39, 0.29) is 6.61 Å². The molecule has 2 rings (SSSR count). The molecule has 0 fully saturated rings. The summed E-state index contributed by atoms with van der Waals surface area (Å²) >= 11 is 1.80. The molecule has 2 nitrogen and oxygen atoms in total. The summed E-state index contributed by atoms with van der Waals surface area (Å²) in [5, 5.41) is 11.9. The van der Waals surface area contributed by atoms with Crippen LogP contribution in [0.4, 0.5) is 0 Å². The first-order valence-corrected chi connectivity index (χ1v) is 6.58. The lowest BCUT2D eigenvalue weighted by atomic mass is 10.1. The minimum atomic E-state index is 0.191. The highest BCUT2D eigenvalue weighted by molar-refractivity contribution is 7.15. The molecule has 0 amide bonds. The molecule has 0 aliphatic carbocycles. The molecule has 0 radical (unpaired) electrons. The molecule has 0 atom stereocenters. The molecule has 2 N–H and O–H groups in total. The van der Waals surface area contributed by atoms with E-state index in [0.717, 1.165) is 6.54 Å². The van der Waals surface area contributed by atoms with Gasteiger partial charge in [0.1, 0.15) is 0 Å². The van der Waals surface area contributed by atoms with Crippen molar-refractivity contribution in [2.75, 3.05) is 13.2 Å². The molecule has 0 unspecified atom stereocenters. The lowest BCUT2D eigenvalue weighted by molar-refractivity contribution is 0.292. The summed E-state index contributed by atoms with van der Waals surface area (Å²) in [7, 11) is 0. The number of aliphatic hydroxyl groups is 1. The van der Waals surface area contributed by atoms with E-state index in [1.54, 1.807) is 11.3 Å². The number of hydrogen-bond donors (Lipinski definition) is 2. The van der Waals surface area contributed by atoms with Crippen LogP contribution in [0.1, 0.15) is 10.4 Å². The fraction of sp³-hybridized carbons (Fsp3) is 0.286. The van der Waals surface area contributed by atoms with Gasteiger partial charge in [-0.3, -0.25) is 0 Å². The number of rotatable bonds is 5. The van der Waals surface area contributed by atoms with Crippen LogP contribution in [-0.4, -0.2) is 18.3 Å². The van der Waals surface area contributed by atoms with Crippen LogP contribution in [0.2, 0.25) is 0 Å². The molecule has 3 heteroatoms. The summed E-state index contributed by atoms with van der Waals surface area (Å²) in [4.78, 5) is 2.60. The fourth-order valence-electron chi connectivity index (χ4n) is 1.64. The normalized spacial score (nSPS) is 10.7. The summed E-state index contributed by atoms with van der Waals surface area (Å²) < 4.78 is 0. The molecule has 0 saturated carbocycles. The maximum Gasteiger partial charge on any atom is 0.0556 e. The van der Waals surface area contributed by atoms with E-state index in [1.165, 1.54) is 20.9 Å². The first kappa shape index (κ1) is 12.3. The van der Waals surface area contributed by atoms with Crippen LogP contribution in [0.25, 0.3) is 10.4 Å². The van der Waals surface area contributed by atoms with Gasteiger partial charge in [-0.1, -0.05) is 29.8 Å². The molecule has 0 aliphatic rings. The van der Waals surface area contributed by atoms with Crippen molar-refractivity contribution in [1.82, 2.24) is 5.32 Å². The predicted molar refractivity (Wildman–Crippen MR) is 73.3 cm³/mol. The third-order valence-electron chi connectivity index (χ3n) is 2.59. The third kappa shape index (κ3) is 3.40. The van der Waals surface area contributed by atoms with Crippen molar-refractivity contribution in [1.29, 1.82) is 0 Å². The molecule has 0 bridgehead atoms. The van der Waals surface area contributed by atoms with E-state index in [2.05, 4.69) is 48.6 Å². The Morgan fingerprint density at radius 1 is 1.12 bits per heavy atom. The number of thiophene rings is 1. The van der Waals surface area contributed by atoms with Crippen molar-refractivity contribution in [2.24, 2.45) is 0 Å². The topological polar surface area (TPSA) is 32.3 Å². The second-order valence-electron chi connectivity index (χ2n) is 4.03. The van der Waals surface area contributed by atoms with Crippen molar-refractivity contribution >= 4 is 11.3 Å². The van der Waals surface area contributed by atoms with Crippen LogP contribution in [-0.2, 0) is 6.54 Å². The van der Waals surface area contributed by atoms with Crippen molar-refractivity contribution < 1.29 is 5.11 Å². The van der Waals surface area contributed by atoms with Crippen molar-refractivity contribution in [3.8, 4) is 10.4 Å². The summed E-state index contributed by atoms with van der Waals surface area (Å²) in [6, 6.07) is 12.9. The first-order valence-electron chi connectivity index (χ1n) is 5.77. The van der Waals surface area contributed by atoms with E-state index in [0.29, 0.717) is 6.54 Å². The van der Waals surface area contributed by atoms with Gasteiger partial charge in [-0.05, 0) is 24.6 Å². The minimum absolute atomic E-state index is 0.191. The van der Waals surface area contributed by atoms with Gasteiger partial charge < -0.3 is 10.4 Å². The first-order chi connectivity index (χ1) is 8.29. The van der Waals surface area contributed by atoms with Crippen LogP contribution in [0.15, 0.2) is 36.4 Å². The zero-order chi connectivity index (χ0) is 12.1. The Balaban J connectivity index is 2.04. The molecule has 0 spiro atoms. The maximum absolute atomic E-state index is 8.69. The number of aliphatic hydroxyl groups excluding tert-OH is 1. The Labute approximate surface area is 106 Å². The smallest absolute Gasteiger partial charge is 0.0556 e. The maximum atomic E-state index is 8.69. The Bertz CT molecular complexity index is 461. The average Bonchev–Trinajstić information content (AvgIpc) is 2.79. The highest BCUT2D eigenvalue weighted by atomic mass is 32.1. The monoisotopic (exact) mass is 247 g/mol. The standard InChI is InChI=1S/C14H17NOS/c1-11-2-4-12(5-3-11)14-7-6-13(17-14)10-15-8-9-16/h2-7,15-16H,8-10H2,1H3. The summed E-state index contributed by atoms with van der Waals surface area (Å²) in [6.45, 7) is 3.77. The van der Waals surface area contributed by atoms with Gasteiger partial charge in [-0.15, -0.1) is 11.3 Å². The molecule has 1 aromatic heterocycles. The molecule has 1 heterocycles. The van der Waals surface area contributed by atoms with Crippen molar-refractivity contribution in [3.05, 3.63) is 46.8 Å². The fourth-order valence-corrected chi connectivity index (χ4v) is 2.62. The van der Waals surface area contributed by atoms with E-state index in [1.807, 2.05) is 0 Å². The predicted octanol–water partition coefficient (Wildman–Crippen LogP) is 2.81. The second-order valence-corrected chi connectivity index (χ2v) is 5.20.